The third-order valence-corrected chi connectivity index (χ3v) is 6.18. The second-order valence-electron chi connectivity index (χ2n) is 7.75. The lowest BCUT2D eigenvalue weighted by Crippen LogP contribution is -2.37. The summed E-state index contributed by atoms with van der Waals surface area (Å²) in [5, 5.41) is 9.16. The van der Waals surface area contributed by atoms with Crippen molar-refractivity contribution in [2.24, 2.45) is 0 Å². The van der Waals surface area contributed by atoms with Crippen LogP contribution in [0, 0.1) is 0 Å². The zero-order chi connectivity index (χ0) is 24.6. The number of anilines is 1. The van der Waals surface area contributed by atoms with Gasteiger partial charge in [-0.2, -0.15) is 5.10 Å². The third-order valence-electron chi connectivity index (χ3n) is 5.45. The Morgan fingerprint density at radius 3 is 2.63 bits per heavy atom. The Bertz CT molecular complexity index is 1150. The van der Waals surface area contributed by atoms with Crippen molar-refractivity contribution in [2.75, 3.05) is 56.7 Å². The molecule has 11 heteroatoms. The molecule has 0 unspecified atom stereocenters. The Hall–Kier alpha value is -3.05. The first-order chi connectivity index (χ1) is 17.1. The zero-order valence-electron chi connectivity index (χ0n) is 20.5. The van der Waals surface area contributed by atoms with E-state index in [1.807, 2.05) is 24.7 Å². The number of fused-ring (bicyclic) bond motifs is 1. The first-order valence-corrected chi connectivity index (χ1v) is 13.0. The minimum Gasteiger partial charge on any atom is -0.490 e. The number of hydrogen-bond acceptors (Lipinski definition) is 9. The Labute approximate surface area is 209 Å². The fraction of sp³-hybridized carbons (Fsp3) is 0.500. The van der Waals surface area contributed by atoms with Gasteiger partial charge in [0, 0.05) is 25.2 Å². The number of thioether (sulfide) groups is 1. The number of amides is 1. The number of nitrogens with one attached hydrogen (secondary N) is 1. The van der Waals surface area contributed by atoms with Gasteiger partial charge in [-0.25, -0.2) is 14.6 Å². The van der Waals surface area contributed by atoms with E-state index in [1.54, 1.807) is 30.0 Å². The molecular weight excluding hydrogens is 468 g/mol. The summed E-state index contributed by atoms with van der Waals surface area (Å²) in [6.45, 7) is 10.7. The molecule has 2 aromatic heterocycles. The predicted octanol–water partition coefficient (Wildman–Crippen LogP) is 3.00. The van der Waals surface area contributed by atoms with Gasteiger partial charge in [-0.15, -0.1) is 0 Å². The number of ether oxygens (including phenoxy) is 3. The molecule has 1 aliphatic heterocycles. The highest BCUT2D eigenvalue weighted by atomic mass is 32.2. The minimum atomic E-state index is -0.184. The van der Waals surface area contributed by atoms with Gasteiger partial charge in [-0.05, 0) is 37.8 Å². The van der Waals surface area contributed by atoms with Crippen LogP contribution in [0.25, 0.3) is 11.0 Å². The van der Waals surface area contributed by atoms with Crippen LogP contribution in [0.1, 0.15) is 31.1 Å². The van der Waals surface area contributed by atoms with Gasteiger partial charge in [-0.3, -0.25) is 4.79 Å². The summed E-state index contributed by atoms with van der Waals surface area (Å²) in [5.41, 5.74) is 1.28. The molecule has 1 saturated heterocycles. The van der Waals surface area contributed by atoms with Crippen LogP contribution in [0.2, 0.25) is 0 Å². The van der Waals surface area contributed by atoms with Gasteiger partial charge < -0.3 is 24.4 Å². The Morgan fingerprint density at radius 2 is 1.89 bits per heavy atom. The second-order valence-corrected chi connectivity index (χ2v) is 8.98. The average Bonchev–Trinajstić information content (AvgIpc) is 3.28. The molecule has 3 heterocycles. The van der Waals surface area contributed by atoms with E-state index in [1.165, 1.54) is 0 Å². The standard InChI is InChI=1S/C24H32N6O4S/c1-4-33-19-8-7-17(15-20(19)34-5-2)23(31)25-9-10-30-22-18(16-26-30)21(27-24(28-22)35-6-3)29-11-13-32-14-12-29/h7-8,15-16H,4-6,9-14H2,1-3H3,(H,25,31). The summed E-state index contributed by atoms with van der Waals surface area (Å²) in [5.74, 6) is 2.78. The molecule has 0 atom stereocenters. The quantitative estimate of drug-likeness (QED) is 0.314. The monoisotopic (exact) mass is 500 g/mol. The molecular formula is C24H32N6O4S. The smallest absolute Gasteiger partial charge is 0.251 e. The Kier molecular flexibility index (Phi) is 8.64. The molecule has 1 aromatic carbocycles. The maximum absolute atomic E-state index is 12.8. The number of morpholine rings is 1. The molecule has 4 rings (SSSR count). The summed E-state index contributed by atoms with van der Waals surface area (Å²) < 4.78 is 18.5. The van der Waals surface area contributed by atoms with Crippen molar-refractivity contribution in [3.8, 4) is 11.5 Å². The van der Waals surface area contributed by atoms with E-state index in [-0.39, 0.29) is 5.91 Å². The highest BCUT2D eigenvalue weighted by Crippen LogP contribution is 2.29. The molecule has 0 spiro atoms. The molecule has 1 fully saturated rings. The van der Waals surface area contributed by atoms with Crippen LogP contribution < -0.4 is 19.7 Å². The summed E-state index contributed by atoms with van der Waals surface area (Å²) in [4.78, 5) is 24.5. The molecule has 0 radical (unpaired) electrons. The maximum atomic E-state index is 12.8. The predicted molar refractivity (Wildman–Crippen MR) is 136 cm³/mol. The van der Waals surface area contributed by atoms with Gasteiger partial charge in [0.15, 0.2) is 22.3 Å². The van der Waals surface area contributed by atoms with Crippen molar-refractivity contribution in [1.82, 2.24) is 25.1 Å². The molecule has 0 aliphatic carbocycles. The lowest BCUT2D eigenvalue weighted by Gasteiger charge is -2.28. The average molecular weight is 501 g/mol. The molecule has 0 saturated carbocycles. The fourth-order valence-corrected chi connectivity index (χ4v) is 4.42. The van der Waals surface area contributed by atoms with Gasteiger partial charge in [0.2, 0.25) is 0 Å². The van der Waals surface area contributed by atoms with Crippen LogP contribution in [0.15, 0.2) is 29.6 Å². The third kappa shape index (κ3) is 5.96. The summed E-state index contributed by atoms with van der Waals surface area (Å²) >= 11 is 1.60. The highest BCUT2D eigenvalue weighted by molar-refractivity contribution is 7.99. The number of carbonyl (C=O) groups is 1. The van der Waals surface area contributed by atoms with Crippen molar-refractivity contribution in [1.29, 1.82) is 0 Å². The topological polar surface area (TPSA) is 104 Å². The number of carbonyl (C=O) groups excluding carboxylic acids is 1. The molecule has 3 aromatic rings. The van der Waals surface area contributed by atoms with Crippen LogP contribution in [-0.4, -0.2) is 77.5 Å². The van der Waals surface area contributed by atoms with Gasteiger partial charge in [0.25, 0.3) is 5.91 Å². The van der Waals surface area contributed by atoms with Gasteiger partial charge in [0.1, 0.15) is 5.82 Å². The molecule has 10 nitrogen and oxygen atoms in total. The lowest BCUT2D eigenvalue weighted by molar-refractivity contribution is 0.0951. The van der Waals surface area contributed by atoms with Crippen molar-refractivity contribution in [3.05, 3.63) is 30.0 Å². The van der Waals surface area contributed by atoms with Crippen LogP contribution in [-0.2, 0) is 11.3 Å². The van der Waals surface area contributed by atoms with E-state index in [0.29, 0.717) is 56.6 Å². The van der Waals surface area contributed by atoms with Crippen molar-refractivity contribution in [2.45, 2.75) is 32.5 Å². The molecule has 1 amide bonds. The first-order valence-electron chi connectivity index (χ1n) is 12.0. The van der Waals surface area contributed by atoms with Gasteiger partial charge >= 0.3 is 0 Å². The van der Waals surface area contributed by atoms with E-state index >= 15 is 0 Å². The maximum Gasteiger partial charge on any atom is 0.251 e. The normalized spacial score (nSPS) is 13.7. The second kappa shape index (κ2) is 12.1. The Morgan fingerprint density at radius 1 is 1.11 bits per heavy atom. The minimum absolute atomic E-state index is 0.184. The molecule has 35 heavy (non-hydrogen) atoms. The highest BCUT2D eigenvalue weighted by Gasteiger charge is 2.20. The van der Waals surface area contributed by atoms with Crippen LogP contribution in [0.3, 0.4) is 0 Å². The molecule has 1 N–H and O–H groups in total. The van der Waals surface area contributed by atoms with E-state index in [4.69, 9.17) is 24.2 Å². The molecule has 1 aliphatic rings. The molecule has 188 valence electrons. The van der Waals surface area contributed by atoms with Crippen LogP contribution in [0.5, 0.6) is 11.5 Å². The fourth-order valence-electron chi connectivity index (χ4n) is 3.86. The number of aromatic nitrogens is 4. The summed E-state index contributed by atoms with van der Waals surface area (Å²) in [6.07, 6.45) is 1.81. The van der Waals surface area contributed by atoms with Crippen LogP contribution in [0.4, 0.5) is 5.82 Å². The summed E-state index contributed by atoms with van der Waals surface area (Å²) in [7, 11) is 0. The van der Waals surface area contributed by atoms with Gasteiger partial charge in [-0.1, -0.05) is 18.7 Å². The Balaban J connectivity index is 1.48. The van der Waals surface area contributed by atoms with Crippen LogP contribution >= 0.6 is 11.8 Å². The number of nitrogens with zero attached hydrogens (tertiary/aromatic N) is 5. The SMILES string of the molecule is CCOc1ccc(C(=O)NCCn2ncc3c(N4CCOCC4)nc(SCC)nc32)cc1OCC. The van der Waals surface area contributed by atoms with E-state index < -0.39 is 0 Å². The van der Waals surface area contributed by atoms with Crippen molar-refractivity contribution in [3.63, 3.8) is 0 Å². The largest absolute Gasteiger partial charge is 0.490 e. The summed E-state index contributed by atoms with van der Waals surface area (Å²) in [6, 6.07) is 5.22. The number of rotatable bonds is 11. The van der Waals surface area contributed by atoms with E-state index in [0.717, 1.165) is 40.9 Å². The van der Waals surface area contributed by atoms with E-state index in [9.17, 15) is 4.79 Å². The van der Waals surface area contributed by atoms with Gasteiger partial charge in [0.05, 0.1) is 44.6 Å². The zero-order valence-corrected chi connectivity index (χ0v) is 21.3. The lowest BCUT2D eigenvalue weighted by atomic mass is 10.2. The van der Waals surface area contributed by atoms with E-state index in [2.05, 4.69) is 22.2 Å². The van der Waals surface area contributed by atoms with Crippen molar-refractivity contribution < 1.29 is 19.0 Å². The number of hydrogen-bond donors (Lipinski definition) is 1. The number of benzene rings is 1. The first kappa shape index (κ1) is 25.1. The van der Waals surface area contributed by atoms with Crippen molar-refractivity contribution >= 4 is 34.5 Å². The molecule has 0 bridgehead atoms.